The Morgan fingerprint density at radius 1 is 1.04 bits per heavy atom. The third-order valence-electron chi connectivity index (χ3n) is 4.35. The first-order valence-electron chi connectivity index (χ1n) is 7.92. The zero-order chi connectivity index (χ0) is 17.3. The molecule has 0 saturated carbocycles. The summed E-state index contributed by atoms with van der Waals surface area (Å²) in [6, 6.07) is 12.6. The quantitative estimate of drug-likeness (QED) is 0.851. The molecule has 3 rings (SSSR count). The number of nitrogens with zero attached hydrogens (tertiary/aromatic N) is 2. The molecule has 0 N–H and O–H groups in total. The number of carbonyl (C=O) groups excluding carboxylic acids is 2. The lowest BCUT2D eigenvalue weighted by molar-refractivity contribution is -0.124. The molecule has 1 aliphatic rings. The second-order valence-corrected chi connectivity index (χ2v) is 6.01. The van der Waals surface area contributed by atoms with Gasteiger partial charge in [0.05, 0.1) is 0 Å². The summed E-state index contributed by atoms with van der Waals surface area (Å²) in [5, 5.41) is 0. The lowest BCUT2D eigenvalue weighted by atomic mass is 10.1. The molecule has 5 heteroatoms. The van der Waals surface area contributed by atoms with E-state index in [2.05, 4.69) is 0 Å². The number of amides is 2. The average Bonchev–Trinajstić information content (AvgIpc) is 2.58. The molecule has 1 heterocycles. The van der Waals surface area contributed by atoms with E-state index < -0.39 is 6.04 Å². The number of hydrogen-bond acceptors (Lipinski definition) is 2. The van der Waals surface area contributed by atoms with Crippen LogP contribution in [0.15, 0.2) is 48.5 Å². The van der Waals surface area contributed by atoms with Gasteiger partial charge in [0.2, 0.25) is 5.91 Å². The van der Waals surface area contributed by atoms with Gasteiger partial charge in [0.15, 0.2) is 0 Å². The van der Waals surface area contributed by atoms with Crippen molar-refractivity contribution in [3.63, 3.8) is 0 Å². The van der Waals surface area contributed by atoms with E-state index in [1.807, 2.05) is 19.1 Å². The molecule has 0 radical (unpaired) electrons. The van der Waals surface area contributed by atoms with Gasteiger partial charge in [0.25, 0.3) is 5.91 Å². The Kier molecular flexibility index (Phi) is 4.34. The molecule has 1 atom stereocenters. The van der Waals surface area contributed by atoms with Crippen molar-refractivity contribution in [1.82, 2.24) is 4.90 Å². The Hall–Kier alpha value is -2.69. The normalized spacial score (nSPS) is 18.0. The Balaban J connectivity index is 1.78. The number of carbonyl (C=O) groups is 2. The highest BCUT2D eigenvalue weighted by molar-refractivity contribution is 6.03. The van der Waals surface area contributed by atoms with Gasteiger partial charge in [0, 0.05) is 24.3 Å². The summed E-state index contributed by atoms with van der Waals surface area (Å²) in [6.45, 7) is 4.52. The maximum atomic E-state index is 13.1. The van der Waals surface area contributed by atoms with Crippen LogP contribution in [0.3, 0.4) is 0 Å². The van der Waals surface area contributed by atoms with E-state index in [1.54, 1.807) is 41.0 Å². The summed E-state index contributed by atoms with van der Waals surface area (Å²) in [5.74, 6) is -0.643. The number of halogens is 1. The lowest BCUT2D eigenvalue weighted by Crippen LogP contribution is -2.57. The van der Waals surface area contributed by atoms with Crippen molar-refractivity contribution in [1.29, 1.82) is 0 Å². The van der Waals surface area contributed by atoms with E-state index in [-0.39, 0.29) is 17.6 Å². The summed E-state index contributed by atoms with van der Waals surface area (Å²) in [6.07, 6.45) is 0. The summed E-state index contributed by atoms with van der Waals surface area (Å²) in [7, 11) is 0. The summed E-state index contributed by atoms with van der Waals surface area (Å²) in [5.41, 5.74) is 2.31. The molecule has 4 nitrogen and oxygen atoms in total. The fourth-order valence-corrected chi connectivity index (χ4v) is 2.89. The highest BCUT2D eigenvalue weighted by atomic mass is 19.1. The molecule has 1 saturated heterocycles. The summed E-state index contributed by atoms with van der Waals surface area (Å²) in [4.78, 5) is 28.5. The van der Waals surface area contributed by atoms with Crippen LogP contribution in [0.4, 0.5) is 10.1 Å². The van der Waals surface area contributed by atoms with Crippen molar-refractivity contribution >= 4 is 17.5 Å². The van der Waals surface area contributed by atoms with E-state index >= 15 is 0 Å². The molecule has 0 aliphatic carbocycles. The van der Waals surface area contributed by atoms with Crippen LogP contribution in [0.2, 0.25) is 0 Å². The minimum Gasteiger partial charge on any atom is -0.325 e. The molecule has 1 unspecified atom stereocenters. The van der Waals surface area contributed by atoms with Gasteiger partial charge in [-0.2, -0.15) is 0 Å². The number of anilines is 1. The molecule has 2 amide bonds. The number of hydrogen-bond donors (Lipinski definition) is 0. The first-order chi connectivity index (χ1) is 11.5. The van der Waals surface area contributed by atoms with Gasteiger partial charge in [-0.25, -0.2) is 4.39 Å². The molecule has 2 aromatic carbocycles. The molecule has 2 aromatic rings. The number of rotatable bonds is 2. The minimum atomic E-state index is -0.558. The van der Waals surface area contributed by atoms with Gasteiger partial charge in [-0.1, -0.05) is 17.7 Å². The SMILES string of the molecule is Cc1ccc(C(=O)N2CCN(c3ccc(F)cc3)C(=O)C2C)cc1. The van der Waals surface area contributed by atoms with E-state index in [9.17, 15) is 14.0 Å². The number of aryl methyl sites for hydroxylation is 1. The highest BCUT2D eigenvalue weighted by Crippen LogP contribution is 2.22. The predicted octanol–water partition coefficient (Wildman–Crippen LogP) is 3.01. The van der Waals surface area contributed by atoms with Crippen molar-refractivity contribution in [2.75, 3.05) is 18.0 Å². The molecule has 24 heavy (non-hydrogen) atoms. The first-order valence-corrected chi connectivity index (χ1v) is 7.92. The summed E-state index contributed by atoms with van der Waals surface area (Å²) < 4.78 is 13.1. The average molecular weight is 326 g/mol. The first kappa shape index (κ1) is 16.2. The molecule has 124 valence electrons. The number of benzene rings is 2. The molecular weight excluding hydrogens is 307 g/mol. The van der Waals surface area contributed by atoms with Crippen LogP contribution < -0.4 is 4.90 Å². The minimum absolute atomic E-state index is 0.144. The van der Waals surface area contributed by atoms with Crippen LogP contribution in [-0.4, -0.2) is 35.8 Å². The van der Waals surface area contributed by atoms with Crippen LogP contribution >= 0.6 is 0 Å². The zero-order valence-corrected chi connectivity index (χ0v) is 13.7. The molecule has 0 spiro atoms. The molecule has 0 aromatic heterocycles. The zero-order valence-electron chi connectivity index (χ0n) is 13.7. The molecule has 1 fully saturated rings. The second kappa shape index (κ2) is 6.43. The van der Waals surface area contributed by atoms with E-state index in [0.29, 0.717) is 24.3 Å². The third-order valence-corrected chi connectivity index (χ3v) is 4.35. The van der Waals surface area contributed by atoms with Gasteiger partial charge < -0.3 is 9.80 Å². The van der Waals surface area contributed by atoms with Crippen LogP contribution in [0, 0.1) is 12.7 Å². The van der Waals surface area contributed by atoms with Crippen molar-refractivity contribution in [3.8, 4) is 0 Å². The van der Waals surface area contributed by atoms with Crippen LogP contribution in [0.25, 0.3) is 0 Å². The Morgan fingerprint density at radius 3 is 2.29 bits per heavy atom. The maximum absolute atomic E-state index is 13.1. The van der Waals surface area contributed by atoms with Crippen LogP contribution in [0.1, 0.15) is 22.8 Å². The molecule has 0 bridgehead atoms. The van der Waals surface area contributed by atoms with Gasteiger partial charge in [-0.05, 0) is 50.2 Å². The van der Waals surface area contributed by atoms with Gasteiger partial charge >= 0.3 is 0 Å². The van der Waals surface area contributed by atoms with Gasteiger partial charge in [0.1, 0.15) is 11.9 Å². The number of piperazine rings is 1. The van der Waals surface area contributed by atoms with E-state index in [1.165, 1.54) is 12.1 Å². The van der Waals surface area contributed by atoms with Gasteiger partial charge in [-0.15, -0.1) is 0 Å². The second-order valence-electron chi connectivity index (χ2n) is 6.01. The fraction of sp³-hybridized carbons (Fsp3) is 0.263. The topological polar surface area (TPSA) is 40.6 Å². The van der Waals surface area contributed by atoms with Crippen molar-refractivity contribution in [3.05, 3.63) is 65.5 Å². The standard InChI is InChI=1S/C19H19FN2O2/c1-13-3-5-15(6-4-13)19(24)21-11-12-22(18(23)14(21)2)17-9-7-16(20)8-10-17/h3-10,14H,11-12H2,1-2H3. The highest BCUT2D eigenvalue weighted by Gasteiger charge is 2.35. The monoisotopic (exact) mass is 326 g/mol. The molecular formula is C19H19FN2O2. The lowest BCUT2D eigenvalue weighted by Gasteiger charge is -2.39. The molecule has 1 aliphatic heterocycles. The van der Waals surface area contributed by atoms with Crippen molar-refractivity contribution in [2.24, 2.45) is 0 Å². The Labute approximate surface area is 140 Å². The van der Waals surface area contributed by atoms with Crippen molar-refractivity contribution in [2.45, 2.75) is 19.9 Å². The van der Waals surface area contributed by atoms with Crippen LogP contribution in [0.5, 0.6) is 0 Å². The van der Waals surface area contributed by atoms with Gasteiger partial charge in [-0.3, -0.25) is 9.59 Å². The van der Waals surface area contributed by atoms with E-state index in [4.69, 9.17) is 0 Å². The fourth-order valence-electron chi connectivity index (χ4n) is 2.89. The third kappa shape index (κ3) is 3.02. The largest absolute Gasteiger partial charge is 0.325 e. The maximum Gasteiger partial charge on any atom is 0.254 e. The smallest absolute Gasteiger partial charge is 0.254 e. The van der Waals surface area contributed by atoms with Crippen molar-refractivity contribution < 1.29 is 14.0 Å². The predicted molar refractivity (Wildman–Crippen MR) is 90.4 cm³/mol. The summed E-state index contributed by atoms with van der Waals surface area (Å²) >= 11 is 0. The Morgan fingerprint density at radius 2 is 1.67 bits per heavy atom. The Bertz CT molecular complexity index is 756. The van der Waals surface area contributed by atoms with Crippen LogP contribution in [-0.2, 0) is 4.79 Å². The van der Waals surface area contributed by atoms with E-state index in [0.717, 1.165) is 5.56 Å².